The van der Waals surface area contributed by atoms with Crippen LogP contribution in [0.1, 0.15) is 74.1 Å². The van der Waals surface area contributed by atoms with Gasteiger partial charge >= 0.3 is 0 Å². The van der Waals surface area contributed by atoms with Gasteiger partial charge in [0.25, 0.3) is 0 Å². The molecule has 1 atom stereocenters. The van der Waals surface area contributed by atoms with Crippen LogP contribution in [0.4, 0.5) is 11.8 Å². The van der Waals surface area contributed by atoms with Crippen molar-refractivity contribution in [2.45, 2.75) is 75.8 Å². The van der Waals surface area contributed by atoms with Crippen molar-refractivity contribution in [1.29, 1.82) is 0 Å². The molecule has 1 aliphatic heterocycles. The molecule has 1 saturated heterocycles. The maximum absolute atomic E-state index is 6.24. The Morgan fingerprint density at radius 1 is 0.933 bits per heavy atom. The van der Waals surface area contributed by atoms with Crippen LogP contribution in [0.2, 0.25) is 0 Å². The van der Waals surface area contributed by atoms with Crippen molar-refractivity contribution in [2.24, 2.45) is 0 Å². The number of rotatable bonds is 4. The van der Waals surface area contributed by atoms with E-state index in [1.165, 1.54) is 69.2 Å². The maximum atomic E-state index is 6.24. The van der Waals surface area contributed by atoms with Crippen molar-refractivity contribution in [3.05, 3.63) is 47.2 Å². The first kappa shape index (κ1) is 19.8. The first-order valence-corrected chi connectivity index (χ1v) is 11.9. The smallest absolute Gasteiger partial charge is 0.222 e. The van der Waals surface area contributed by atoms with Crippen LogP contribution in [0.15, 0.2) is 30.3 Å². The van der Waals surface area contributed by atoms with Crippen molar-refractivity contribution in [3.63, 3.8) is 0 Å². The van der Waals surface area contributed by atoms with E-state index in [4.69, 9.17) is 15.7 Å². The fourth-order valence-electron chi connectivity index (χ4n) is 6.05. The van der Waals surface area contributed by atoms with Crippen LogP contribution in [-0.2, 0) is 6.42 Å². The van der Waals surface area contributed by atoms with Gasteiger partial charge in [-0.25, -0.2) is 4.98 Å². The Morgan fingerprint density at radius 2 is 1.67 bits per heavy atom. The predicted molar refractivity (Wildman–Crippen MR) is 123 cm³/mol. The van der Waals surface area contributed by atoms with Crippen LogP contribution in [0, 0.1) is 0 Å². The molecule has 2 fully saturated rings. The SMILES string of the molecule is CN(c1nc(N)nc2c1CCCC2c1ccccc1)[C@H]1CC[C@@H](N2CCCC2)CC1. The first-order valence-electron chi connectivity index (χ1n) is 11.9. The minimum atomic E-state index is 0.332. The van der Waals surface area contributed by atoms with Crippen LogP contribution in [0.5, 0.6) is 0 Å². The molecule has 0 radical (unpaired) electrons. The summed E-state index contributed by atoms with van der Waals surface area (Å²) in [5.41, 5.74) is 10.1. The Balaban J connectivity index is 1.38. The van der Waals surface area contributed by atoms with E-state index < -0.39 is 0 Å². The van der Waals surface area contributed by atoms with E-state index in [1.807, 2.05) is 0 Å². The zero-order chi connectivity index (χ0) is 20.5. The van der Waals surface area contributed by atoms with E-state index >= 15 is 0 Å². The third-order valence-corrected chi connectivity index (χ3v) is 7.69. The fourth-order valence-corrected chi connectivity index (χ4v) is 6.05. The second kappa shape index (κ2) is 8.54. The lowest BCUT2D eigenvalue weighted by atomic mass is 9.82. The molecule has 1 saturated carbocycles. The maximum Gasteiger partial charge on any atom is 0.222 e. The first-order chi connectivity index (χ1) is 14.7. The van der Waals surface area contributed by atoms with E-state index in [0.717, 1.165) is 30.4 Å². The second-order valence-electron chi connectivity index (χ2n) is 9.44. The number of anilines is 2. The van der Waals surface area contributed by atoms with Gasteiger partial charge in [0.2, 0.25) is 5.95 Å². The molecular weight excluding hydrogens is 370 g/mol. The monoisotopic (exact) mass is 405 g/mol. The Kier molecular flexibility index (Phi) is 5.64. The van der Waals surface area contributed by atoms with E-state index in [2.05, 4.69) is 47.2 Å². The van der Waals surface area contributed by atoms with Gasteiger partial charge in [-0.2, -0.15) is 4.98 Å². The molecule has 3 aliphatic rings. The van der Waals surface area contributed by atoms with Crippen molar-refractivity contribution in [2.75, 3.05) is 30.8 Å². The Hall–Kier alpha value is -2.14. The normalized spacial score (nSPS) is 27.0. The minimum absolute atomic E-state index is 0.332. The van der Waals surface area contributed by atoms with Gasteiger partial charge < -0.3 is 15.5 Å². The molecule has 5 nitrogen and oxygen atoms in total. The van der Waals surface area contributed by atoms with Crippen LogP contribution in [0.3, 0.4) is 0 Å². The quantitative estimate of drug-likeness (QED) is 0.818. The number of benzene rings is 1. The summed E-state index contributed by atoms with van der Waals surface area (Å²) in [6.07, 6.45) is 11.3. The molecule has 2 N–H and O–H groups in total. The average molecular weight is 406 g/mol. The van der Waals surface area contributed by atoms with Gasteiger partial charge in [0.1, 0.15) is 5.82 Å². The summed E-state index contributed by atoms with van der Waals surface area (Å²) in [5, 5.41) is 0. The summed E-state index contributed by atoms with van der Waals surface area (Å²) in [7, 11) is 2.23. The van der Waals surface area contributed by atoms with E-state index in [-0.39, 0.29) is 0 Å². The van der Waals surface area contributed by atoms with Crippen molar-refractivity contribution >= 4 is 11.8 Å². The number of fused-ring (bicyclic) bond motifs is 1. The summed E-state index contributed by atoms with van der Waals surface area (Å²) in [4.78, 5) is 14.7. The number of nitrogens with zero attached hydrogens (tertiary/aromatic N) is 4. The van der Waals surface area contributed by atoms with Crippen molar-refractivity contribution in [1.82, 2.24) is 14.9 Å². The molecule has 2 heterocycles. The van der Waals surface area contributed by atoms with Gasteiger partial charge in [0.15, 0.2) is 0 Å². The lowest BCUT2D eigenvalue weighted by Crippen LogP contribution is -2.42. The van der Waals surface area contributed by atoms with Crippen molar-refractivity contribution in [3.8, 4) is 0 Å². The molecule has 1 aromatic heterocycles. The molecule has 2 aliphatic carbocycles. The fraction of sp³-hybridized carbons (Fsp3) is 0.600. The number of nitrogen functional groups attached to an aromatic ring is 1. The van der Waals surface area contributed by atoms with Crippen LogP contribution in [-0.4, -0.2) is 47.1 Å². The Labute approximate surface area is 180 Å². The number of nitrogens with two attached hydrogens (primary N) is 1. The molecule has 1 aromatic carbocycles. The van der Waals surface area contributed by atoms with Crippen LogP contribution < -0.4 is 10.6 Å². The molecule has 0 amide bonds. The molecule has 2 aromatic rings. The zero-order valence-corrected chi connectivity index (χ0v) is 18.3. The van der Waals surface area contributed by atoms with Gasteiger partial charge in [0, 0.05) is 30.6 Å². The molecule has 0 spiro atoms. The van der Waals surface area contributed by atoms with Gasteiger partial charge in [-0.1, -0.05) is 30.3 Å². The molecule has 30 heavy (non-hydrogen) atoms. The van der Waals surface area contributed by atoms with E-state index in [0.29, 0.717) is 17.9 Å². The highest BCUT2D eigenvalue weighted by Gasteiger charge is 2.32. The molecule has 5 rings (SSSR count). The summed E-state index contributed by atoms with van der Waals surface area (Å²) in [5.74, 6) is 1.84. The summed E-state index contributed by atoms with van der Waals surface area (Å²) in [6, 6.07) is 12.1. The molecular formula is C25H35N5. The summed E-state index contributed by atoms with van der Waals surface area (Å²) < 4.78 is 0. The Morgan fingerprint density at radius 3 is 2.40 bits per heavy atom. The van der Waals surface area contributed by atoms with Gasteiger partial charge in [-0.05, 0) is 76.4 Å². The van der Waals surface area contributed by atoms with Crippen LogP contribution in [0.25, 0.3) is 0 Å². The van der Waals surface area contributed by atoms with Crippen molar-refractivity contribution < 1.29 is 0 Å². The number of aromatic nitrogens is 2. The number of likely N-dealkylation sites (tertiary alicyclic amines) is 1. The highest BCUT2D eigenvalue weighted by molar-refractivity contribution is 5.55. The molecule has 1 unspecified atom stereocenters. The number of hydrogen-bond donors (Lipinski definition) is 1. The third-order valence-electron chi connectivity index (χ3n) is 7.69. The van der Waals surface area contributed by atoms with Gasteiger partial charge in [0.05, 0.1) is 5.69 Å². The predicted octanol–water partition coefficient (Wildman–Crippen LogP) is 4.37. The lowest BCUT2D eigenvalue weighted by molar-refractivity contribution is 0.181. The second-order valence-corrected chi connectivity index (χ2v) is 9.44. The standard InChI is InChI=1S/C25H35N5/c1-29(19-12-14-20(15-13-19)30-16-5-6-17-30)24-22-11-7-10-21(18-8-3-2-4-9-18)23(22)27-25(26)28-24/h2-4,8-9,19-21H,5-7,10-17H2,1H3,(H2,26,27,28)/t19-,20+,21?. The minimum Gasteiger partial charge on any atom is -0.368 e. The Bertz CT molecular complexity index is 853. The number of hydrogen-bond acceptors (Lipinski definition) is 5. The van der Waals surface area contributed by atoms with E-state index in [1.54, 1.807) is 0 Å². The highest BCUT2D eigenvalue weighted by Crippen LogP contribution is 2.40. The highest BCUT2D eigenvalue weighted by atomic mass is 15.2. The third kappa shape index (κ3) is 3.80. The van der Waals surface area contributed by atoms with Gasteiger partial charge in [-0.15, -0.1) is 0 Å². The van der Waals surface area contributed by atoms with E-state index in [9.17, 15) is 0 Å². The van der Waals surface area contributed by atoms with Gasteiger partial charge in [-0.3, -0.25) is 0 Å². The zero-order valence-electron chi connectivity index (χ0n) is 18.3. The largest absolute Gasteiger partial charge is 0.368 e. The molecule has 0 bridgehead atoms. The average Bonchev–Trinajstić information content (AvgIpc) is 3.33. The topological polar surface area (TPSA) is 58.3 Å². The molecule has 5 heteroatoms. The molecule has 160 valence electrons. The van der Waals surface area contributed by atoms with Crippen LogP contribution >= 0.6 is 0 Å². The lowest BCUT2D eigenvalue weighted by Gasteiger charge is -2.39. The summed E-state index contributed by atoms with van der Waals surface area (Å²) >= 11 is 0. The summed E-state index contributed by atoms with van der Waals surface area (Å²) in [6.45, 7) is 2.62.